The fourth-order valence-corrected chi connectivity index (χ4v) is 2.63. The van der Waals surface area contributed by atoms with Crippen LogP contribution in [0.15, 0.2) is 24.3 Å². The molecule has 1 rings (SSSR count). The van der Waals surface area contributed by atoms with Crippen LogP contribution in [0.4, 0.5) is 0 Å². The van der Waals surface area contributed by atoms with Crippen molar-refractivity contribution in [3.05, 3.63) is 29.8 Å². The zero-order chi connectivity index (χ0) is 20.9. The van der Waals surface area contributed by atoms with Gasteiger partial charge in [0.15, 0.2) is 0 Å². The highest BCUT2D eigenvalue weighted by atomic mass is 16.5. The first kappa shape index (κ1) is 23.7. The molecule has 6 nitrogen and oxygen atoms in total. The molecule has 0 aliphatic heterocycles. The highest BCUT2D eigenvalue weighted by Crippen LogP contribution is 2.17. The standard InChI is InChI=1S/C22H30O6/c1-16(14-28-15-18-10-12-19(26-3)13-11-18)22(25)17(2)20(23)8-6-5-7-9-21(24)27-4/h10-13,16-17,20,23H,5-6,8,14-15H2,1-4H3/t16-,17-,20-/m1/s1. The zero-order valence-electron chi connectivity index (χ0n) is 17.1. The van der Waals surface area contributed by atoms with Crippen molar-refractivity contribution < 1.29 is 28.9 Å². The van der Waals surface area contributed by atoms with Gasteiger partial charge in [-0.05, 0) is 30.5 Å². The summed E-state index contributed by atoms with van der Waals surface area (Å²) in [6.45, 7) is 4.25. The Morgan fingerprint density at radius 3 is 2.43 bits per heavy atom. The van der Waals surface area contributed by atoms with Gasteiger partial charge in [0.2, 0.25) is 0 Å². The van der Waals surface area contributed by atoms with E-state index in [9.17, 15) is 14.7 Å². The molecule has 0 spiro atoms. The van der Waals surface area contributed by atoms with Gasteiger partial charge in [-0.3, -0.25) is 4.79 Å². The number of hydrogen-bond acceptors (Lipinski definition) is 6. The lowest BCUT2D eigenvalue weighted by Gasteiger charge is -2.21. The molecule has 154 valence electrons. The Morgan fingerprint density at radius 2 is 1.82 bits per heavy atom. The fourth-order valence-electron chi connectivity index (χ4n) is 2.63. The summed E-state index contributed by atoms with van der Waals surface area (Å²) in [5.74, 6) is 4.42. The van der Waals surface area contributed by atoms with Crippen molar-refractivity contribution in [1.29, 1.82) is 0 Å². The molecule has 0 aromatic heterocycles. The summed E-state index contributed by atoms with van der Waals surface area (Å²) < 4.78 is 15.2. The maximum absolute atomic E-state index is 12.5. The van der Waals surface area contributed by atoms with E-state index in [0.717, 1.165) is 11.3 Å². The number of esters is 1. The molecule has 0 heterocycles. The van der Waals surface area contributed by atoms with Crippen molar-refractivity contribution in [2.24, 2.45) is 11.8 Å². The summed E-state index contributed by atoms with van der Waals surface area (Å²) in [4.78, 5) is 23.4. The SMILES string of the molecule is COC(=O)C#CCCC[C@@H](O)[C@@H](C)C(=O)[C@H](C)COCc1ccc(OC)cc1. The minimum absolute atomic E-state index is 0.0251. The third-order valence-electron chi connectivity index (χ3n) is 4.48. The lowest BCUT2D eigenvalue weighted by atomic mass is 9.89. The molecule has 6 heteroatoms. The van der Waals surface area contributed by atoms with Gasteiger partial charge in [-0.15, -0.1) is 0 Å². The van der Waals surface area contributed by atoms with Gasteiger partial charge in [-0.1, -0.05) is 31.9 Å². The Labute approximate surface area is 167 Å². The molecule has 0 fully saturated rings. The number of ether oxygens (including phenoxy) is 3. The molecule has 0 unspecified atom stereocenters. The van der Waals surface area contributed by atoms with Crippen LogP contribution >= 0.6 is 0 Å². The van der Waals surface area contributed by atoms with Gasteiger partial charge in [0.05, 0.1) is 33.5 Å². The number of methoxy groups -OCH3 is 2. The molecule has 0 bridgehead atoms. The maximum Gasteiger partial charge on any atom is 0.384 e. The Balaban J connectivity index is 2.33. The van der Waals surface area contributed by atoms with Crippen LogP contribution in [0.2, 0.25) is 0 Å². The zero-order valence-corrected chi connectivity index (χ0v) is 17.1. The van der Waals surface area contributed by atoms with Crippen LogP contribution < -0.4 is 4.74 Å². The molecule has 28 heavy (non-hydrogen) atoms. The van der Waals surface area contributed by atoms with Crippen LogP contribution in [-0.2, 0) is 25.7 Å². The quantitative estimate of drug-likeness (QED) is 0.271. The minimum Gasteiger partial charge on any atom is -0.497 e. The average molecular weight is 390 g/mol. The number of carbonyl (C=O) groups excluding carboxylic acids is 2. The number of benzene rings is 1. The highest BCUT2D eigenvalue weighted by Gasteiger charge is 2.26. The predicted molar refractivity (Wildman–Crippen MR) is 106 cm³/mol. The number of ketones is 1. The second-order valence-electron chi connectivity index (χ2n) is 6.71. The van der Waals surface area contributed by atoms with Crippen molar-refractivity contribution in [3.63, 3.8) is 0 Å². The summed E-state index contributed by atoms with van der Waals surface area (Å²) in [7, 11) is 2.89. The summed E-state index contributed by atoms with van der Waals surface area (Å²) >= 11 is 0. The molecule has 0 aliphatic rings. The number of aliphatic hydroxyl groups excluding tert-OH is 1. The Morgan fingerprint density at radius 1 is 1.14 bits per heavy atom. The number of aliphatic hydroxyl groups is 1. The lowest BCUT2D eigenvalue weighted by Crippen LogP contribution is -2.31. The van der Waals surface area contributed by atoms with Crippen LogP contribution in [0.5, 0.6) is 5.75 Å². The van der Waals surface area contributed by atoms with E-state index in [1.165, 1.54) is 7.11 Å². The molecule has 0 saturated carbocycles. The Hall–Kier alpha value is -2.36. The molecular formula is C22H30O6. The van der Waals surface area contributed by atoms with Gasteiger partial charge in [-0.2, -0.15) is 0 Å². The third-order valence-corrected chi connectivity index (χ3v) is 4.48. The molecule has 1 aromatic carbocycles. The van der Waals surface area contributed by atoms with Crippen LogP contribution in [0.25, 0.3) is 0 Å². The molecule has 0 saturated heterocycles. The molecule has 0 amide bonds. The first-order valence-corrected chi connectivity index (χ1v) is 9.38. The lowest BCUT2D eigenvalue weighted by molar-refractivity contribution is -0.134. The average Bonchev–Trinajstić information content (AvgIpc) is 2.72. The van der Waals surface area contributed by atoms with Crippen molar-refractivity contribution in [3.8, 4) is 17.6 Å². The van der Waals surface area contributed by atoms with Crippen molar-refractivity contribution in [2.75, 3.05) is 20.8 Å². The number of unbranched alkanes of at least 4 members (excludes halogenated alkanes) is 1. The molecule has 1 N–H and O–H groups in total. The molecule has 3 atom stereocenters. The smallest absolute Gasteiger partial charge is 0.384 e. The molecule has 1 aromatic rings. The first-order valence-electron chi connectivity index (χ1n) is 9.38. The summed E-state index contributed by atoms with van der Waals surface area (Å²) in [5, 5.41) is 10.2. The predicted octanol–water partition coefficient (Wildman–Crippen LogP) is 2.76. The monoisotopic (exact) mass is 390 g/mol. The normalized spacial score (nSPS) is 13.6. The second kappa shape index (κ2) is 12.9. The van der Waals surface area contributed by atoms with Gasteiger partial charge in [0, 0.05) is 24.2 Å². The van der Waals surface area contributed by atoms with Gasteiger partial charge in [-0.25, -0.2) is 4.79 Å². The van der Waals surface area contributed by atoms with E-state index < -0.39 is 18.0 Å². The topological polar surface area (TPSA) is 82.1 Å². The van der Waals surface area contributed by atoms with E-state index >= 15 is 0 Å². The van der Waals surface area contributed by atoms with Gasteiger partial charge in [0.25, 0.3) is 0 Å². The summed E-state index contributed by atoms with van der Waals surface area (Å²) in [5.41, 5.74) is 1.00. The van der Waals surface area contributed by atoms with E-state index in [1.54, 1.807) is 21.0 Å². The molecule has 0 aliphatic carbocycles. The van der Waals surface area contributed by atoms with Crippen molar-refractivity contribution in [2.45, 2.75) is 45.8 Å². The number of rotatable bonds is 11. The largest absolute Gasteiger partial charge is 0.497 e. The second-order valence-corrected chi connectivity index (χ2v) is 6.71. The van der Waals surface area contributed by atoms with E-state index in [0.29, 0.717) is 32.5 Å². The van der Waals surface area contributed by atoms with Crippen molar-refractivity contribution in [1.82, 2.24) is 0 Å². The van der Waals surface area contributed by atoms with Gasteiger partial charge < -0.3 is 19.3 Å². The summed E-state index contributed by atoms with van der Waals surface area (Å²) in [6, 6.07) is 7.56. The van der Waals surface area contributed by atoms with Gasteiger partial charge in [0.1, 0.15) is 11.5 Å². The van der Waals surface area contributed by atoms with Crippen LogP contribution in [0.1, 0.15) is 38.7 Å². The minimum atomic E-state index is -0.739. The maximum atomic E-state index is 12.5. The Bertz CT molecular complexity index is 671. The van der Waals surface area contributed by atoms with E-state index in [2.05, 4.69) is 16.6 Å². The van der Waals surface area contributed by atoms with Crippen molar-refractivity contribution >= 4 is 11.8 Å². The van der Waals surface area contributed by atoms with Crippen LogP contribution in [0, 0.1) is 23.7 Å². The van der Waals surface area contributed by atoms with Crippen LogP contribution in [0.3, 0.4) is 0 Å². The van der Waals surface area contributed by atoms with E-state index in [-0.39, 0.29) is 11.7 Å². The highest BCUT2D eigenvalue weighted by molar-refractivity contribution is 5.88. The number of Topliss-reactive ketones (excluding diaryl/α,β-unsaturated/α-hetero) is 1. The molecular weight excluding hydrogens is 360 g/mol. The first-order chi connectivity index (χ1) is 13.4. The Kier molecular flexibility index (Phi) is 10.9. The van der Waals surface area contributed by atoms with E-state index in [4.69, 9.17) is 9.47 Å². The fraction of sp³-hybridized carbons (Fsp3) is 0.545. The molecule has 0 radical (unpaired) electrons. The van der Waals surface area contributed by atoms with Crippen LogP contribution in [-0.4, -0.2) is 43.8 Å². The van der Waals surface area contributed by atoms with E-state index in [1.807, 2.05) is 24.3 Å². The third kappa shape index (κ3) is 8.55. The van der Waals surface area contributed by atoms with Gasteiger partial charge >= 0.3 is 5.97 Å². The number of hydrogen-bond donors (Lipinski definition) is 1. The number of carbonyl (C=O) groups is 2. The summed E-state index contributed by atoms with van der Waals surface area (Å²) in [6.07, 6.45) is 0.775.